The van der Waals surface area contributed by atoms with Crippen LogP contribution in [0.1, 0.15) is 10.4 Å². The minimum atomic E-state index is 0.0269. The fraction of sp³-hybridized carbons (Fsp3) is 0.222. The molecule has 4 heteroatoms. The number of carbonyl (C=O) groups excluding carboxylic acids is 1. The van der Waals surface area contributed by atoms with Crippen LogP contribution in [0.25, 0.3) is 0 Å². The van der Waals surface area contributed by atoms with Crippen molar-refractivity contribution in [2.45, 2.75) is 0 Å². The molecule has 0 aliphatic heterocycles. The molecule has 0 fully saturated rings. The zero-order valence-electron chi connectivity index (χ0n) is 7.75. The molecule has 0 spiro atoms. The molecular weight excluding hydrogens is 330 g/mol. The van der Waals surface area contributed by atoms with Crippen LogP contribution in [0.2, 0.25) is 0 Å². The predicted molar refractivity (Wildman–Crippen MR) is 57.3 cm³/mol. The van der Waals surface area contributed by atoms with Gasteiger partial charge in [-0.2, -0.15) is 30.3 Å². The van der Waals surface area contributed by atoms with Crippen molar-refractivity contribution in [2.24, 2.45) is 0 Å². The standard InChI is InChI=1S/C9H10NO.HI.Zn/c1-10(2)9(11)8-6-4-3-5-7-8;;/h4-7H,1-2H3;1H;/q-1;;+2/p-1. The van der Waals surface area contributed by atoms with E-state index in [-0.39, 0.29) is 5.91 Å². The third kappa shape index (κ3) is 4.72. The minimum absolute atomic E-state index is 0.0269. The van der Waals surface area contributed by atoms with Gasteiger partial charge in [-0.15, -0.1) is 0 Å². The molecule has 1 aromatic carbocycles. The molecule has 2 nitrogen and oxygen atoms in total. The Bertz CT molecular complexity index is 251. The summed E-state index contributed by atoms with van der Waals surface area (Å²) in [6, 6.07) is 9.83. The predicted octanol–water partition coefficient (Wildman–Crippen LogP) is 2.07. The summed E-state index contributed by atoms with van der Waals surface area (Å²) in [6.45, 7) is 0. The molecule has 0 saturated heterocycles. The zero-order chi connectivity index (χ0) is 10.3. The Labute approximate surface area is 99.6 Å². The molecule has 0 unspecified atom stereocenters. The van der Waals surface area contributed by atoms with Crippen LogP contribution in [0.15, 0.2) is 24.3 Å². The van der Waals surface area contributed by atoms with E-state index >= 15 is 0 Å². The molecule has 0 heterocycles. The number of hydrogen-bond acceptors (Lipinski definition) is 1. The summed E-state index contributed by atoms with van der Waals surface area (Å²) in [5.74, 6) is 0.0269. The number of carbonyl (C=O) groups is 1. The first-order valence-corrected chi connectivity index (χ1v) is 12.7. The van der Waals surface area contributed by atoms with Crippen LogP contribution in [0.3, 0.4) is 0 Å². The first-order chi connectivity index (χ1) is 6.22. The number of hydrogen-bond donors (Lipinski definition) is 0. The second kappa shape index (κ2) is 7.45. The van der Waals surface area contributed by atoms with Crippen LogP contribution >= 0.6 is 19.8 Å². The van der Waals surface area contributed by atoms with Crippen LogP contribution < -0.4 is 0 Å². The molecule has 1 amide bonds. The maximum atomic E-state index is 11.3. The summed E-state index contributed by atoms with van der Waals surface area (Å²) in [5.41, 5.74) is 0.703. The van der Waals surface area contributed by atoms with Crippen LogP contribution in [0, 0.1) is 6.07 Å². The third-order valence-electron chi connectivity index (χ3n) is 1.37. The number of amides is 1. The molecule has 1 aromatic rings. The molecule has 0 aromatic heterocycles. The van der Waals surface area contributed by atoms with Gasteiger partial charge in [0.05, 0.1) is 0 Å². The Hall–Kier alpha value is 0.0434. The quantitative estimate of drug-likeness (QED) is 0.435. The van der Waals surface area contributed by atoms with E-state index in [1.807, 2.05) is 0 Å². The van der Waals surface area contributed by atoms with E-state index in [0.717, 1.165) is 0 Å². The number of halogens is 1. The van der Waals surface area contributed by atoms with Gasteiger partial charge < -0.3 is 4.90 Å². The average molecular weight is 340 g/mol. The zero-order valence-corrected chi connectivity index (χ0v) is 12.9. The van der Waals surface area contributed by atoms with Crippen molar-refractivity contribution < 1.29 is 19.6 Å². The summed E-state index contributed by atoms with van der Waals surface area (Å²) in [7, 11) is 3.47. The van der Waals surface area contributed by atoms with Gasteiger partial charge in [-0.25, -0.2) is 0 Å². The van der Waals surface area contributed by atoms with Crippen LogP contribution in [0.5, 0.6) is 0 Å². The van der Waals surface area contributed by atoms with Crippen molar-refractivity contribution >= 4 is 25.7 Å². The SMILES string of the molecule is CN(C)C(=O)c1cc[c-]cc1.[Zn+][I]. The van der Waals surface area contributed by atoms with Crippen LogP contribution in [-0.4, -0.2) is 24.9 Å². The molecule has 0 atom stereocenters. The van der Waals surface area contributed by atoms with Gasteiger partial charge in [-0.3, -0.25) is 4.79 Å². The van der Waals surface area contributed by atoms with Crippen LogP contribution in [0.4, 0.5) is 0 Å². The summed E-state index contributed by atoms with van der Waals surface area (Å²) in [4.78, 5) is 12.8. The van der Waals surface area contributed by atoms with Crippen molar-refractivity contribution in [3.8, 4) is 0 Å². The monoisotopic (exact) mass is 339 g/mol. The van der Waals surface area contributed by atoms with Gasteiger partial charge in [-0.1, -0.05) is 5.56 Å². The molecule has 13 heavy (non-hydrogen) atoms. The molecular formula is C9H10INOZn. The van der Waals surface area contributed by atoms with Crippen molar-refractivity contribution in [3.05, 3.63) is 35.9 Å². The number of nitrogens with zero attached hydrogens (tertiary/aromatic N) is 1. The van der Waals surface area contributed by atoms with Gasteiger partial charge in [0, 0.05) is 14.1 Å². The van der Waals surface area contributed by atoms with E-state index in [2.05, 4.69) is 25.8 Å². The summed E-state index contributed by atoms with van der Waals surface area (Å²) in [6.07, 6.45) is 0. The second-order valence-corrected chi connectivity index (χ2v) is 2.49. The number of benzene rings is 1. The molecule has 66 valence electrons. The van der Waals surface area contributed by atoms with E-state index in [9.17, 15) is 4.79 Å². The van der Waals surface area contributed by atoms with Crippen molar-refractivity contribution in [1.29, 1.82) is 0 Å². The number of rotatable bonds is 1. The Kier molecular flexibility index (Phi) is 7.47. The molecule has 1 rings (SSSR count). The van der Waals surface area contributed by atoms with E-state index in [1.54, 1.807) is 43.3 Å². The van der Waals surface area contributed by atoms with Crippen molar-refractivity contribution in [3.63, 3.8) is 0 Å². The van der Waals surface area contributed by atoms with Gasteiger partial charge in [-0.05, 0) is 0 Å². The van der Waals surface area contributed by atoms with E-state index < -0.39 is 0 Å². The van der Waals surface area contributed by atoms with Gasteiger partial charge in [0.25, 0.3) is 0 Å². The maximum absolute atomic E-state index is 11.3. The first kappa shape index (κ1) is 13.0. The Morgan fingerprint density at radius 1 is 1.38 bits per heavy atom. The topological polar surface area (TPSA) is 20.3 Å². The van der Waals surface area contributed by atoms with E-state index in [4.69, 9.17) is 0 Å². The molecule has 0 saturated carbocycles. The summed E-state index contributed by atoms with van der Waals surface area (Å²) < 4.78 is 0. The Balaban J connectivity index is 0.000000671. The van der Waals surface area contributed by atoms with E-state index in [0.29, 0.717) is 5.56 Å². The van der Waals surface area contributed by atoms with Crippen LogP contribution in [-0.2, 0) is 14.8 Å². The second-order valence-electron chi connectivity index (χ2n) is 2.49. The third-order valence-corrected chi connectivity index (χ3v) is 1.37. The van der Waals surface area contributed by atoms with Gasteiger partial charge in [0.1, 0.15) is 0 Å². The first-order valence-electron chi connectivity index (χ1n) is 3.66. The molecule has 0 radical (unpaired) electrons. The van der Waals surface area contributed by atoms with E-state index in [1.165, 1.54) is 14.8 Å². The average Bonchev–Trinajstić information content (AvgIpc) is 2.21. The normalized spacial score (nSPS) is 8.38. The Morgan fingerprint density at radius 2 is 1.85 bits per heavy atom. The molecule has 0 aliphatic carbocycles. The van der Waals surface area contributed by atoms with Crippen molar-refractivity contribution in [2.75, 3.05) is 14.1 Å². The van der Waals surface area contributed by atoms with Crippen molar-refractivity contribution in [1.82, 2.24) is 4.90 Å². The fourth-order valence-electron chi connectivity index (χ4n) is 0.788. The van der Waals surface area contributed by atoms with Gasteiger partial charge >= 0.3 is 34.5 Å². The van der Waals surface area contributed by atoms with Gasteiger partial charge in [0.2, 0.25) is 5.91 Å². The summed E-state index contributed by atoms with van der Waals surface area (Å²) in [5, 5.41) is 0. The Morgan fingerprint density at radius 3 is 2.23 bits per heavy atom. The molecule has 0 N–H and O–H groups in total. The molecule has 0 bridgehead atoms. The molecule has 0 aliphatic rings. The fourth-order valence-corrected chi connectivity index (χ4v) is 0.788. The summed E-state index contributed by atoms with van der Waals surface area (Å²) >= 11 is 3.62. The van der Waals surface area contributed by atoms with Gasteiger partial charge in [0.15, 0.2) is 0 Å².